The van der Waals surface area contributed by atoms with Crippen molar-refractivity contribution in [3.63, 3.8) is 0 Å². The minimum absolute atomic E-state index is 0.105. The van der Waals surface area contributed by atoms with Crippen molar-refractivity contribution in [2.24, 2.45) is 5.92 Å². The quantitative estimate of drug-likeness (QED) is 0.456. The molecule has 3 aliphatic heterocycles. The molecule has 0 aromatic heterocycles. The molecule has 0 unspecified atom stereocenters. The number of hydrogen-bond donors (Lipinski definition) is 0. The van der Waals surface area contributed by atoms with Gasteiger partial charge in [-0.3, -0.25) is 24.3 Å². The maximum absolute atomic E-state index is 14.3. The average Bonchev–Trinajstić information content (AvgIpc) is 3.32. The topological polar surface area (TPSA) is 43.9 Å². The van der Waals surface area contributed by atoms with Crippen LogP contribution in [0.3, 0.4) is 0 Å². The van der Waals surface area contributed by atoms with E-state index < -0.39 is 10.1 Å². The summed E-state index contributed by atoms with van der Waals surface area (Å²) in [5.41, 5.74) is 3.59. The molecule has 3 aromatic rings. The van der Waals surface area contributed by atoms with Crippen molar-refractivity contribution in [2.75, 3.05) is 29.6 Å². The first-order valence-electron chi connectivity index (χ1n) is 12.9. The molecule has 2 amide bonds. The molecule has 0 N–H and O–H groups in total. The molecule has 0 saturated carbocycles. The Morgan fingerprint density at radius 2 is 1.59 bits per heavy atom. The molecule has 0 bridgehead atoms. The van der Waals surface area contributed by atoms with Crippen LogP contribution in [0.25, 0.3) is 0 Å². The Morgan fingerprint density at radius 1 is 0.919 bits per heavy atom. The number of thioether (sulfide) groups is 1. The number of nitrogens with zero attached hydrogens (tertiary/aromatic N) is 3. The monoisotopic (exact) mass is 515 g/mol. The molecule has 190 valence electrons. The second-order valence-corrected chi connectivity index (χ2v) is 11.7. The number of carbonyl (C=O) groups excluding carboxylic acids is 2. The maximum atomic E-state index is 14.3. The third kappa shape index (κ3) is 4.14. The Kier molecular flexibility index (Phi) is 6.29. The van der Waals surface area contributed by atoms with E-state index in [4.69, 9.17) is 0 Å². The molecule has 3 aromatic carbocycles. The number of amides is 2. The molecule has 3 heterocycles. The number of halogens is 1. The lowest BCUT2D eigenvalue weighted by Crippen LogP contribution is -2.52. The van der Waals surface area contributed by atoms with Crippen LogP contribution in [0.1, 0.15) is 30.9 Å². The van der Waals surface area contributed by atoms with E-state index >= 15 is 0 Å². The summed E-state index contributed by atoms with van der Waals surface area (Å²) in [5.74, 6) is 0.0282. The van der Waals surface area contributed by atoms with Gasteiger partial charge in [0, 0.05) is 24.3 Å². The number of carbonyl (C=O) groups is 2. The van der Waals surface area contributed by atoms with Gasteiger partial charge in [-0.2, -0.15) is 0 Å². The molecule has 2 fully saturated rings. The summed E-state index contributed by atoms with van der Waals surface area (Å²) in [6.45, 7) is 4.20. The van der Waals surface area contributed by atoms with Crippen LogP contribution in [-0.2, 0) is 20.9 Å². The summed E-state index contributed by atoms with van der Waals surface area (Å²) in [6, 6.07) is 24.3. The number of rotatable bonds is 5. The highest BCUT2D eigenvalue weighted by Crippen LogP contribution is 2.57. The highest BCUT2D eigenvalue weighted by atomic mass is 32.2. The van der Waals surface area contributed by atoms with Gasteiger partial charge in [-0.05, 0) is 68.0 Å². The molecular formula is C30H30FN3O2S. The van der Waals surface area contributed by atoms with Crippen LogP contribution in [0.4, 0.5) is 15.8 Å². The number of fused-ring (bicyclic) bond motifs is 2. The largest absolute Gasteiger partial charge is 0.295 e. The molecular weight excluding hydrogens is 485 g/mol. The second-order valence-electron chi connectivity index (χ2n) is 10.2. The Bertz CT molecular complexity index is 1310. The zero-order valence-electron chi connectivity index (χ0n) is 20.8. The molecule has 0 aliphatic carbocycles. The van der Waals surface area contributed by atoms with E-state index in [9.17, 15) is 14.0 Å². The van der Waals surface area contributed by atoms with Gasteiger partial charge in [-0.25, -0.2) is 4.39 Å². The predicted octanol–water partition coefficient (Wildman–Crippen LogP) is 5.41. The van der Waals surface area contributed by atoms with E-state index in [1.165, 1.54) is 29.5 Å². The Hall–Kier alpha value is -3.16. The van der Waals surface area contributed by atoms with Gasteiger partial charge in [0.15, 0.2) is 0 Å². The third-order valence-electron chi connectivity index (χ3n) is 7.83. The van der Waals surface area contributed by atoms with Gasteiger partial charge in [0.2, 0.25) is 10.8 Å². The molecule has 3 aliphatic rings. The summed E-state index contributed by atoms with van der Waals surface area (Å²) in [5, 5.41) is -0.393. The van der Waals surface area contributed by atoms with Crippen LogP contribution in [0.15, 0.2) is 78.9 Å². The number of piperidine rings is 1. The highest BCUT2D eigenvalue weighted by molar-refractivity contribution is 8.03. The van der Waals surface area contributed by atoms with Crippen LogP contribution in [0, 0.1) is 11.7 Å². The fourth-order valence-corrected chi connectivity index (χ4v) is 7.48. The number of hydrogen-bond acceptors (Lipinski definition) is 4. The molecule has 0 radical (unpaired) electrons. The van der Waals surface area contributed by atoms with E-state index in [2.05, 4.69) is 35.2 Å². The van der Waals surface area contributed by atoms with Crippen molar-refractivity contribution in [3.8, 4) is 0 Å². The van der Waals surface area contributed by atoms with Crippen LogP contribution in [-0.4, -0.2) is 41.7 Å². The van der Waals surface area contributed by atoms with Crippen LogP contribution in [0.2, 0.25) is 0 Å². The molecule has 2 saturated heterocycles. The fourth-order valence-electron chi connectivity index (χ4n) is 5.95. The average molecular weight is 516 g/mol. The molecule has 2 atom stereocenters. The lowest BCUT2D eigenvalue weighted by atomic mass is 9.90. The first-order chi connectivity index (χ1) is 18.0. The van der Waals surface area contributed by atoms with Crippen molar-refractivity contribution in [1.82, 2.24) is 4.90 Å². The minimum Gasteiger partial charge on any atom is -0.295 e. The van der Waals surface area contributed by atoms with Gasteiger partial charge in [0.25, 0.3) is 5.91 Å². The second kappa shape index (κ2) is 9.62. The summed E-state index contributed by atoms with van der Waals surface area (Å²) < 4.78 is 13.7. The van der Waals surface area contributed by atoms with Crippen molar-refractivity contribution in [1.29, 1.82) is 0 Å². The lowest BCUT2D eigenvalue weighted by molar-refractivity contribution is -0.124. The minimum atomic E-state index is -1.18. The molecule has 6 rings (SSSR count). The molecule has 37 heavy (non-hydrogen) atoms. The van der Waals surface area contributed by atoms with Crippen molar-refractivity contribution >= 4 is 35.0 Å². The maximum Gasteiger partial charge on any atom is 0.269 e. The number of para-hydroxylation sites is 1. The van der Waals surface area contributed by atoms with E-state index in [0.717, 1.165) is 43.6 Å². The zero-order chi connectivity index (χ0) is 25.6. The summed E-state index contributed by atoms with van der Waals surface area (Å²) in [6.07, 6.45) is 3.28. The van der Waals surface area contributed by atoms with E-state index in [1.54, 1.807) is 17.0 Å². The predicted molar refractivity (Wildman–Crippen MR) is 146 cm³/mol. The normalized spacial score (nSPS) is 24.3. The zero-order valence-corrected chi connectivity index (χ0v) is 21.7. The fraction of sp³-hybridized carbons (Fsp3) is 0.333. The van der Waals surface area contributed by atoms with Crippen LogP contribution < -0.4 is 9.80 Å². The Morgan fingerprint density at radius 3 is 2.32 bits per heavy atom. The summed E-state index contributed by atoms with van der Waals surface area (Å²) in [4.78, 5) is 32.3. The van der Waals surface area contributed by atoms with Gasteiger partial charge in [0.05, 0.1) is 17.6 Å². The van der Waals surface area contributed by atoms with E-state index in [-0.39, 0.29) is 17.6 Å². The lowest BCUT2D eigenvalue weighted by Gasteiger charge is -2.36. The van der Waals surface area contributed by atoms with Gasteiger partial charge in [-0.1, -0.05) is 48.5 Å². The number of likely N-dealkylation sites (tertiary alicyclic amines) is 1. The number of benzene rings is 3. The smallest absolute Gasteiger partial charge is 0.269 e. The van der Waals surface area contributed by atoms with Crippen molar-refractivity contribution < 1.29 is 14.0 Å². The van der Waals surface area contributed by atoms with Gasteiger partial charge >= 0.3 is 0 Å². The number of anilines is 2. The third-order valence-corrected chi connectivity index (χ3v) is 9.30. The first-order valence-corrected chi connectivity index (χ1v) is 13.8. The van der Waals surface area contributed by atoms with E-state index in [0.29, 0.717) is 18.3 Å². The Balaban J connectivity index is 1.26. The summed E-state index contributed by atoms with van der Waals surface area (Å²) >= 11 is 1.38. The van der Waals surface area contributed by atoms with Gasteiger partial charge in [-0.15, -0.1) is 11.8 Å². The highest BCUT2D eigenvalue weighted by Gasteiger charge is 2.63. The Labute approximate surface area is 221 Å². The molecule has 7 heteroatoms. The standard InChI is InChI=1S/C30H30FN3O2S/c1-21-28(35)34(25-13-11-24(31)12-14-25)30(37-21)26-9-5-6-10-27(26)33(29(30)36)20-32-17-15-23(16-18-32)19-22-7-3-2-4-8-22/h2-14,21,23H,15-20H2,1H3/t21-,30+/m1/s1. The van der Waals surface area contributed by atoms with Crippen molar-refractivity contribution in [3.05, 3.63) is 95.8 Å². The summed E-state index contributed by atoms with van der Waals surface area (Å²) in [7, 11) is 0. The SMILES string of the molecule is C[C@H]1S[C@@]2(C(=O)N(CN3CCC(Cc4ccccc4)CC3)c3ccccc32)N(c2ccc(F)cc2)C1=O. The van der Waals surface area contributed by atoms with E-state index in [1.807, 2.05) is 36.1 Å². The first kappa shape index (κ1) is 24.2. The van der Waals surface area contributed by atoms with Crippen LogP contribution in [0.5, 0.6) is 0 Å². The van der Waals surface area contributed by atoms with Crippen molar-refractivity contribution in [2.45, 2.75) is 36.3 Å². The van der Waals surface area contributed by atoms with Gasteiger partial charge < -0.3 is 0 Å². The van der Waals surface area contributed by atoms with Crippen LogP contribution >= 0.6 is 11.8 Å². The van der Waals surface area contributed by atoms with Gasteiger partial charge in [0.1, 0.15) is 5.82 Å². The molecule has 5 nitrogen and oxygen atoms in total. The molecule has 1 spiro atoms.